The summed E-state index contributed by atoms with van der Waals surface area (Å²) in [6, 6.07) is 7.19. The van der Waals surface area contributed by atoms with Gasteiger partial charge in [-0.25, -0.2) is 9.78 Å². The minimum atomic E-state index is -0.543. The first kappa shape index (κ1) is 24.7. The largest absolute Gasteiger partial charge is 0.465 e. The second kappa shape index (κ2) is 10.8. The maximum atomic E-state index is 13.3. The third-order valence-electron chi connectivity index (χ3n) is 5.43. The summed E-state index contributed by atoms with van der Waals surface area (Å²) in [6.45, 7) is 8.73. The van der Waals surface area contributed by atoms with Gasteiger partial charge in [-0.15, -0.1) is 0 Å². The van der Waals surface area contributed by atoms with Gasteiger partial charge in [0, 0.05) is 25.5 Å². The number of para-hydroxylation sites is 1. The predicted molar refractivity (Wildman–Crippen MR) is 128 cm³/mol. The molecule has 0 aliphatic heterocycles. The van der Waals surface area contributed by atoms with E-state index < -0.39 is 11.2 Å². The van der Waals surface area contributed by atoms with Crippen LogP contribution in [0, 0.1) is 13.8 Å². The number of aromatic nitrogens is 3. The van der Waals surface area contributed by atoms with E-state index in [9.17, 15) is 14.4 Å². The fourth-order valence-electron chi connectivity index (χ4n) is 3.72. The van der Waals surface area contributed by atoms with Crippen molar-refractivity contribution < 1.29 is 19.1 Å². The van der Waals surface area contributed by atoms with Crippen molar-refractivity contribution in [2.45, 2.75) is 51.1 Å². The zero-order chi connectivity index (χ0) is 24.1. The number of nitrogens with zero attached hydrogens (tertiary/aromatic N) is 2. The number of Topliss-reactive ketones (excluding diaryl/α,β-unsaturated/α-hetero) is 1. The normalized spacial score (nSPS) is 12.2. The fraction of sp³-hybridized carbons (Fsp3) is 0.417. The number of benzene rings is 1. The van der Waals surface area contributed by atoms with E-state index in [2.05, 4.69) is 9.97 Å². The highest BCUT2D eigenvalue weighted by Crippen LogP contribution is 2.28. The fourth-order valence-corrected chi connectivity index (χ4v) is 4.72. The summed E-state index contributed by atoms with van der Waals surface area (Å²) in [6.07, 6.45) is 0.654. The van der Waals surface area contributed by atoms with Crippen molar-refractivity contribution in [3.63, 3.8) is 0 Å². The smallest absolute Gasteiger partial charge is 0.339 e. The van der Waals surface area contributed by atoms with E-state index >= 15 is 0 Å². The molecule has 176 valence electrons. The number of thioether (sulfide) groups is 1. The van der Waals surface area contributed by atoms with E-state index in [-0.39, 0.29) is 11.3 Å². The molecule has 0 saturated carbocycles. The average Bonchev–Trinajstić information content (AvgIpc) is 3.11. The second-order valence-electron chi connectivity index (χ2n) is 7.66. The molecule has 0 bridgehead atoms. The van der Waals surface area contributed by atoms with Crippen LogP contribution in [0.2, 0.25) is 0 Å². The van der Waals surface area contributed by atoms with Crippen LogP contribution in [-0.2, 0) is 16.0 Å². The third kappa shape index (κ3) is 5.20. The van der Waals surface area contributed by atoms with E-state index in [0.29, 0.717) is 64.8 Å². The maximum Gasteiger partial charge on any atom is 0.339 e. The first-order valence-electron chi connectivity index (χ1n) is 10.9. The minimum Gasteiger partial charge on any atom is -0.465 e. The van der Waals surface area contributed by atoms with Crippen LogP contribution in [0.15, 0.2) is 34.2 Å². The van der Waals surface area contributed by atoms with Gasteiger partial charge in [-0.1, -0.05) is 23.9 Å². The van der Waals surface area contributed by atoms with E-state index in [0.717, 1.165) is 0 Å². The number of rotatable bonds is 10. The van der Waals surface area contributed by atoms with Gasteiger partial charge >= 0.3 is 5.97 Å². The van der Waals surface area contributed by atoms with E-state index in [1.165, 1.54) is 18.9 Å². The Hall–Kier alpha value is -2.91. The first-order chi connectivity index (χ1) is 15.8. The number of aromatic amines is 1. The van der Waals surface area contributed by atoms with Crippen molar-refractivity contribution in [3.8, 4) is 0 Å². The van der Waals surface area contributed by atoms with Crippen molar-refractivity contribution in [1.82, 2.24) is 14.5 Å². The molecule has 1 aromatic carbocycles. The van der Waals surface area contributed by atoms with Crippen molar-refractivity contribution in [2.75, 3.05) is 20.3 Å². The number of carbonyl (C=O) groups is 2. The molecular formula is C24H29N3O5S. The molecule has 0 amide bonds. The summed E-state index contributed by atoms with van der Waals surface area (Å²) in [5, 5.41) is 0.472. The van der Waals surface area contributed by atoms with Crippen LogP contribution in [0.4, 0.5) is 0 Å². The Bertz CT molecular complexity index is 1230. The van der Waals surface area contributed by atoms with E-state index in [1.54, 1.807) is 37.5 Å². The van der Waals surface area contributed by atoms with Gasteiger partial charge < -0.3 is 14.5 Å². The van der Waals surface area contributed by atoms with Crippen molar-refractivity contribution in [3.05, 3.63) is 57.1 Å². The van der Waals surface area contributed by atoms with Gasteiger partial charge in [0.25, 0.3) is 5.56 Å². The predicted octanol–water partition coefficient (Wildman–Crippen LogP) is 3.92. The second-order valence-corrected chi connectivity index (χ2v) is 8.97. The van der Waals surface area contributed by atoms with Crippen LogP contribution in [0.25, 0.3) is 10.9 Å². The minimum absolute atomic E-state index is 0.140. The lowest BCUT2D eigenvalue weighted by molar-refractivity contribution is 0.0599. The molecule has 0 radical (unpaired) electrons. The average molecular weight is 472 g/mol. The van der Waals surface area contributed by atoms with Crippen molar-refractivity contribution >= 4 is 34.4 Å². The molecular weight excluding hydrogens is 442 g/mol. The molecule has 0 fully saturated rings. The van der Waals surface area contributed by atoms with Gasteiger partial charge in [0.1, 0.15) is 0 Å². The number of esters is 1. The molecule has 2 heterocycles. The number of ether oxygens (including phenoxy) is 2. The van der Waals surface area contributed by atoms with Crippen LogP contribution in [0.1, 0.15) is 52.4 Å². The molecule has 0 aliphatic carbocycles. The lowest BCUT2D eigenvalue weighted by Crippen LogP contribution is -2.26. The molecule has 1 unspecified atom stereocenters. The zero-order valence-corrected chi connectivity index (χ0v) is 20.4. The summed E-state index contributed by atoms with van der Waals surface area (Å²) < 4.78 is 11.9. The number of H-pyrrole nitrogens is 1. The number of nitrogens with one attached hydrogen (secondary N) is 1. The summed E-state index contributed by atoms with van der Waals surface area (Å²) in [5.74, 6) is -0.668. The van der Waals surface area contributed by atoms with Crippen LogP contribution >= 0.6 is 11.8 Å². The van der Waals surface area contributed by atoms with Gasteiger partial charge in [-0.2, -0.15) is 0 Å². The molecule has 1 N–H and O–H groups in total. The number of hydrogen-bond acceptors (Lipinski definition) is 7. The molecule has 9 heteroatoms. The van der Waals surface area contributed by atoms with Crippen molar-refractivity contribution in [1.29, 1.82) is 0 Å². The van der Waals surface area contributed by atoms with Crippen LogP contribution in [-0.4, -0.2) is 51.9 Å². The molecule has 3 rings (SSSR count). The lowest BCUT2D eigenvalue weighted by atomic mass is 10.1. The van der Waals surface area contributed by atoms with Crippen LogP contribution in [0.5, 0.6) is 0 Å². The molecule has 2 aromatic heterocycles. The zero-order valence-electron chi connectivity index (χ0n) is 19.6. The standard InChI is InChI=1S/C24H29N3O5S/c1-6-32-13-9-12-27-22(29)17-10-7-8-11-18(17)26-24(27)33-16(4)21(28)20-14(2)19(15(3)25-20)23(30)31-5/h7-8,10-11,16,25H,6,9,12-13H2,1-5H3. The number of aryl methyl sites for hydroxylation is 1. The quantitative estimate of drug-likeness (QED) is 0.157. The summed E-state index contributed by atoms with van der Waals surface area (Å²) in [7, 11) is 1.31. The SMILES string of the molecule is CCOCCCn1c(SC(C)C(=O)c2[nH]c(C)c(C(=O)OC)c2C)nc2ccccc2c1=O. The lowest BCUT2D eigenvalue weighted by Gasteiger charge is -2.16. The highest BCUT2D eigenvalue weighted by Gasteiger charge is 2.27. The Morgan fingerprint density at radius 3 is 2.67 bits per heavy atom. The van der Waals surface area contributed by atoms with Gasteiger partial charge in [0.15, 0.2) is 10.9 Å². The number of fused-ring (bicyclic) bond motifs is 1. The van der Waals surface area contributed by atoms with E-state index in [4.69, 9.17) is 9.47 Å². The topological polar surface area (TPSA) is 103 Å². The Kier molecular flexibility index (Phi) is 8.10. The third-order valence-corrected chi connectivity index (χ3v) is 6.52. The number of methoxy groups -OCH3 is 1. The highest BCUT2D eigenvalue weighted by atomic mass is 32.2. The molecule has 0 aliphatic rings. The monoisotopic (exact) mass is 471 g/mol. The maximum absolute atomic E-state index is 13.3. The Morgan fingerprint density at radius 1 is 1.24 bits per heavy atom. The van der Waals surface area contributed by atoms with E-state index in [1.807, 2.05) is 19.1 Å². The van der Waals surface area contributed by atoms with Crippen molar-refractivity contribution in [2.24, 2.45) is 0 Å². The molecule has 8 nitrogen and oxygen atoms in total. The summed E-state index contributed by atoms with van der Waals surface area (Å²) in [5.41, 5.74) is 2.31. The van der Waals surface area contributed by atoms with Gasteiger partial charge in [-0.05, 0) is 51.8 Å². The van der Waals surface area contributed by atoms with Crippen LogP contribution < -0.4 is 5.56 Å². The molecule has 0 spiro atoms. The molecule has 0 saturated heterocycles. The number of hydrogen-bond donors (Lipinski definition) is 1. The van der Waals surface area contributed by atoms with Crippen LogP contribution in [0.3, 0.4) is 0 Å². The van der Waals surface area contributed by atoms with Gasteiger partial charge in [0.2, 0.25) is 0 Å². The Balaban J connectivity index is 1.94. The molecule has 3 aromatic rings. The molecule has 1 atom stereocenters. The van der Waals surface area contributed by atoms with Gasteiger partial charge in [-0.3, -0.25) is 14.2 Å². The Morgan fingerprint density at radius 2 is 1.97 bits per heavy atom. The highest BCUT2D eigenvalue weighted by molar-refractivity contribution is 8.00. The van der Waals surface area contributed by atoms with Gasteiger partial charge in [0.05, 0.1) is 34.5 Å². The number of ketones is 1. The summed E-state index contributed by atoms with van der Waals surface area (Å²) >= 11 is 1.23. The number of carbonyl (C=O) groups excluding carboxylic acids is 2. The molecule has 33 heavy (non-hydrogen) atoms. The Labute approximate surface area is 196 Å². The summed E-state index contributed by atoms with van der Waals surface area (Å²) in [4.78, 5) is 46.2. The first-order valence-corrected chi connectivity index (χ1v) is 11.7.